The second-order valence-electron chi connectivity index (χ2n) is 4.98. The van der Waals surface area contributed by atoms with Crippen LogP contribution in [0.3, 0.4) is 0 Å². The third-order valence-electron chi connectivity index (χ3n) is 3.52. The van der Waals surface area contributed by atoms with Gasteiger partial charge < -0.3 is 14.4 Å². The Morgan fingerprint density at radius 3 is 2.26 bits per heavy atom. The van der Waals surface area contributed by atoms with Gasteiger partial charge in [-0.1, -0.05) is 0 Å². The number of rotatable bonds is 3. The van der Waals surface area contributed by atoms with Gasteiger partial charge in [0.25, 0.3) is 5.91 Å². The van der Waals surface area contributed by atoms with Crippen molar-refractivity contribution in [3.8, 4) is 11.5 Å². The molecular weight excluding hydrogens is 302 g/mol. The lowest BCUT2D eigenvalue weighted by atomic mass is 10.2. The predicted molar refractivity (Wildman–Crippen MR) is 81.0 cm³/mol. The van der Waals surface area contributed by atoms with Crippen LogP contribution in [0.1, 0.15) is 23.2 Å². The fourth-order valence-corrected chi connectivity index (χ4v) is 2.28. The highest BCUT2D eigenvalue weighted by molar-refractivity contribution is 6.35. The van der Waals surface area contributed by atoms with Gasteiger partial charge in [0.2, 0.25) is 0 Å². The number of carbonyl (C=O) groups is 3. The van der Waals surface area contributed by atoms with Gasteiger partial charge in [-0.2, -0.15) is 0 Å². The van der Waals surface area contributed by atoms with Crippen molar-refractivity contribution in [1.82, 2.24) is 15.8 Å². The van der Waals surface area contributed by atoms with Crippen molar-refractivity contribution >= 4 is 17.7 Å². The molecule has 23 heavy (non-hydrogen) atoms. The van der Waals surface area contributed by atoms with Gasteiger partial charge in [-0.15, -0.1) is 0 Å². The predicted octanol–water partition coefficient (Wildman–Crippen LogP) is 0.0872. The summed E-state index contributed by atoms with van der Waals surface area (Å²) in [4.78, 5) is 37.0. The molecule has 0 bridgehead atoms. The highest BCUT2D eigenvalue weighted by Crippen LogP contribution is 2.27. The molecule has 1 aromatic rings. The second kappa shape index (κ2) is 7.48. The summed E-state index contributed by atoms with van der Waals surface area (Å²) in [6.07, 6.45) is 1.77. The minimum Gasteiger partial charge on any atom is -0.493 e. The van der Waals surface area contributed by atoms with Crippen LogP contribution in [0.4, 0.5) is 0 Å². The summed E-state index contributed by atoms with van der Waals surface area (Å²) in [6, 6.07) is 4.57. The van der Waals surface area contributed by atoms with Crippen LogP contribution < -0.4 is 20.3 Å². The smallest absolute Gasteiger partial charge is 0.327 e. The van der Waals surface area contributed by atoms with E-state index in [9.17, 15) is 14.4 Å². The van der Waals surface area contributed by atoms with Crippen LogP contribution >= 0.6 is 0 Å². The Morgan fingerprint density at radius 1 is 1.00 bits per heavy atom. The van der Waals surface area contributed by atoms with Crippen molar-refractivity contribution in [2.45, 2.75) is 12.8 Å². The number of nitrogens with one attached hydrogen (secondary N) is 2. The number of ether oxygens (including phenoxy) is 2. The van der Waals surface area contributed by atoms with E-state index in [4.69, 9.17) is 9.47 Å². The number of hydrogen-bond acceptors (Lipinski definition) is 5. The molecule has 3 amide bonds. The normalized spacial score (nSPS) is 13.4. The van der Waals surface area contributed by atoms with E-state index in [-0.39, 0.29) is 5.56 Å². The molecule has 1 heterocycles. The molecule has 1 fully saturated rings. The summed E-state index contributed by atoms with van der Waals surface area (Å²) < 4.78 is 10.2. The van der Waals surface area contributed by atoms with Crippen molar-refractivity contribution in [3.05, 3.63) is 23.8 Å². The van der Waals surface area contributed by atoms with Gasteiger partial charge in [0.05, 0.1) is 14.2 Å². The Hall–Kier alpha value is -2.77. The third kappa shape index (κ3) is 3.91. The molecule has 8 nitrogen and oxygen atoms in total. The standard InChI is InChI=1S/C15H19N3O5/c1-22-11-6-5-10(9-12(11)23-2)13(19)16-17-14(20)15(21)18-7-3-4-8-18/h5-6,9H,3-4,7-8H2,1-2H3,(H,16,19)(H,17,20). The number of methoxy groups -OCH3 is 2. The topological polar surface area (TPSA) is 97.0 Å². The lowest BCUT2D eigenvalue weighted by molar-refractivity contribution is -0.145. The minimum atomic E-state index is -0.860. The fraction of sp³-hybridized carbons (Fsp3) is 0.400. The molecule has 0 atom stereocenters. The summed E-state index contributed by atoms with van der Waals surface area (Å²) in [5, 5.41) is 0. The van der Waals surface area contributed by atoms with E-state index in [2.05, 4.69) is 10.9 Å². The maximum Gasteiger partial charge on any atom is 0.327 e. The SMILES string of the molecule is COc1ccc(C(=O)NNC(=O)C(=O)N2CCCC2)cc1OC. The van der Waals surface area contributed by atoms with Crippen molar-refractivity contribution in [3.63, 3.8) is 0 Å². The second-order valence-corrected chi connectivity index (χ2v) is 4.98. The molecule has 0 saturated carbocycles. The van der Waals surface area contributed by atoms with Gasteiger partial charge in [0, 0.05) is 18.7 Å². The average molecular weight is 321 g/mol. The number of likely N-dealkylation sites (tertiary alicyclic amines) is 1. The molecule has 0 aliphatic carbocycles. The molecule has 2 N–H and O–H groups in total. The Morgan fingerprint density at radius 2 is 1.65 bits per heavy atom. The van der Waals surface area contributed by atoms with E-state index in [0.29, 0.717) is 24.6 Å². The quantitative estimate of drug-likeness (QED) is 0.607. The van der Waals surface area contributed by atoms with Crippen molar-refractivity contribution in [2.75, 3.05) is 27.3 Å². The molecule has 0 unspecified atom stereocenters. The molecule has 1 saturated heterocycles. The summed E-state index contributed by atoms with van der Waals surface area (Å²) in [5.41, 5.74) is 4.59. The third-order valence-corrected chi connectivity index (χ3v) is 3.52. The number of amides is 3. The number of hydrazine groups is 1. The van der Waals surface area contributed by atoms with E-state index < -0.39 is 17.7 Å². The molecule has 0 radical (unpaired) electrons. The van der Waals surface area contributed by atoms with Gasteiger partial charge >= 0.3 is 11.8 Å². The minimum absolute atomic E-state index is 0.261. The Bertz CT molecular complexity index is 611. The summed E-state index contributed by atoms with van der Waals surface area (Å²) >= 11 is 0. The maximum absolute atomic E-state index is 12.0. The largest absolute Gasteiger partial charge is 0.493 e. The first kappa shape index (κ1) is 16.6. The zero-order valence-electron chi connectivity index (χ0n) is 13.0. The first-order chi connectivity index (χ1) is 11.1. The first-order valence-electron chi connectivity index (χ1n) is 7.18. The number of benzene rings is 1. The molecule has 124 valence electrons. The lowest BCUT2D eigenvalue weighted by Crippen LogP contribution is -2.49. The van der Waals surface area contributed by atoms with E-state index in [1.165, 1.54) is 31.3 Å². The van der Waals surface area contributed by atoms with Crippen LogP contribution in [0.2, 0.25) is 0 Å². The van der Waals surface area contributed by atoms with Gasteiger partial charge in [-0.05, 0) is 31.0 Å². The highest BCUT2D eigenvalue weighted by atomic mass is 16.5. The molecule has 0 aromatic heterocycles. The molecule has 8 heteroatoms. The summed E-state index contributed by atoms with van der Waals surface area (Å²) in [7, 11) is 2.94. The number of hydrogen-bond donors (Lipinski definition) is 2. The van der Waals surface area contributed by atoms with Crippen LogP contribution in [0.15, 0.2) is 18.2 Å². The van der Waals surface area contributed by atoms with Crippen LogP contribution in [-0.2, 0) is 9.59 Å². The Labute approximate surface area is 133 Å². The van der Waals surface area contributed by atoms with Crippen LogP contribution in [-0.4, -0.2) is 49.9 Å². The average Bonchev–Trinajstić information content (AvgIpc) is 3.12. The van der Waals surface area contributed by atoms with Crippen LogP contribution in [0.5, 0.6) is 11.5 Å². The van der Waals surface area contributed by atoms with E-state index in [1.54, 1.807) is 6.07 Å². The zero-order valence-corrected chi connectivity index (χ0v) is 13.0. The summed E-state index contributed by atoms with van der Waals surface area (Å²) in [5.74, 6) is -1.19. The van der Waals surface area contributed by atoms with Crippen molar-refractivity contribution in [2.24, 2.45) is 0 Å². The van der Waals surface area contributed by atoms with Gasteiger partial charge in [0.15, 0.2) is 11.5 Å². The molecule has 0 spiro atoms. The Kier molecular flexibility index (Phi) is 5.40. The van der Waals surface area contributed by atoms with E-state index in [1.807, 2.05) is 0 Å². The van der Waals surface area contributed by atoms with Crippen molar-refractivity contribution < 1.29 is 23.9 Å². The number of nitrogens with zero attached hydrogens (tertiary/aromatic N) is 1. The Balaban J connectivity index is 1.94. The molecular formula is C15H19N3O5. The van der Waals surface area contributed by atoms with Gasteiger partial charge in [0.1, 0.15) is 0 Å². The maximum atomic E-state index is 12.0. The van der Waals surface area contributed by atoms with Crippen LogP contribution in [0.25, 0.3) is 0 Å². The number of carbonyl (C=O) groups excluding carboxylic acids is 3. The van der Waals surface area contributed by atoms with E-state index >= 15 is 0 Å². The first-order valence-corrected chi connectivity index (χ1v) is 7.18. The molecule has 1 aromatic carbocycles. The van der Waals surface area contributed by atoms with Gasteiger partial charge in [-0.3, -0.25) is 25.2 Å². The zero-order chi connectivity index (χ0) is 16.8. The van der Waals surface area contributed by atoms with Crippen molar-refractivity contribution in [1.29, 1.82) is 0 Å². The monoisotopic (exact) mass is 321 g/mol. The molecule has 1 aliphatic heterocycles. The molecule has 2 rings (SSSR count). The fourth-order valence-electron chi connectivity index (χ4n) is 2.28. The van der Waals surface area contributed by atoms with E-state index in [0.717, 1.165) is 12.8 Å². The van der Waals surface area contributed by atoms with Crippen LogP contribution in [0, 0.1) is 0 Å². The molecule has 1 aliphatic rings. The lowest BCUT2D eigenvalue weighted by Gasteiger charge is -2.15. The highest BCUT2D eigenvalue weighted by Gasteiger charge is 2.24. The summed E-state index contributed by atoms with van der Waals surface area (Å²) in [6.45, 7) is 1.13. The van der Waals surface area contributed by atoms with Gasteiger partial charge in [-0.25, -0.2) is 0 Å².